The van der Waals surface area contributed by atoms with E-state index in [1.165, 1.54) is 0 Å². The van der Waals surface area contributed by atoms with Crippen molar-refractivity contribution >= 4 is 17.6 Å². The number of piperidine rings is 1. The molecule has 146 valence electrons. The number of aromatic nitrogens is 1. The molecule has 1 atom stereocenters. The van der Waals surface area contributed by atoms with E-state index in [9.17, 15) is 9.59 Å². The fourth-order valence-electron chi connectivity index (χ4n) is 4.30. The van der Waals surface area contributed by atoms with Crippen molar-refractivity contribution in [1.82, 2.24) is 20.1 Å². The molecule has 4 heterocycles. The summed E-state index contributed by atoms with van der Waals surface area (Å²) in [4.78, 5) is 32.9. The van der Waals surface area contributed by atoms with E-state index < -0.39 is 0 Å². The van der Waals surface area contributed by atoms with E-state index in [-0.39, 0.29) is 5.91 Å². The highest BCUT2D eigenvalue weighted by Crippen LogP contribution is 2.22. The van der Waals surface area contributed by atoms with Gasteiger partial charge < -0.3 is 20.4 Å². The second-order valence-corrected chi connectivity index (χ2v) is 7.95. The van der Waals surface area contributed by atoms with Crippen molar-refractivity contribution in [2.75, 3.05) is 44.6 Å². The van der Waals surface area contributed by atoms with Crippen LogP contribution in [0.2, 0.25) is 0 Å². The fraction of sp³-hybridized carbons (Fsp3) is 0.650. The third-order valence-electron chi connectivity index (χ3n) is 5.97. The minimum absolute atomic E-state index is 0.0623. The van der Waals surface area contributed by atoms with Crippen LogP contribution in [0.3, 0.4) is 0 Å². The number of carbonyl (C=O) groups excluding carboxylic acids is 2. The zero-order valence-corrected chi connectivity index (χ0v) is 15.8. The lowest BCUT2D eigenvalue weighted by atomic mass is 9.96. The van der Waals surface area contributed by atoms with Gasteiger partial charge in [-0.3, -0.25) is 9.59 Å². The Morgan fingerprint density at radius 2 is 2.07 bits per heavy atom. The molecule has 4 rings (SSSR count). The van der Waals surface area contributed by atoms with Crippen molar-refractivity contribution in [2.45, 2.75) is 38.1 Å². The van der Waals surface area contributed by atoms with Gasteiger partial charge in [-0.1, -0.05) is 0 Å². The number of hydrogen-bond acceptors (Lipinski definition) is 5. The molecule has 3 aliphatic rings. The third-order valence-corrected chi connectivity index (χ3v) is 5.97. The highest BCUT2D eigenvalue weighted by atomic mass is 16.2. The van der Waals surface area contributed by atoms with Crippen LogP contribution in [0, 0.1) is 5.92 Å². The maximum absolute atomic E-state index is 12.7. The molecule has 1 aromatic heterocycles. The first-order valence-corrected chi connectivity index (χ1v) is 10.2. The molecule has 0 aliphatic carbocycles. The standard InChI is InChI=1S/C20H29N5O2/c26-19-2-1-9-25(19)14-15-6-10-24(11-7-15)20(27)16-3-4-18(22-12-16)23-17-5-8-21-13-17/h3-4,12,15,17,21H,1-2,5-11,13-14H2,(H,22,23)/t17-/m1/s1. The first kappa shape index (κ1) is 18.2. The quantitative estimate of drug-likeness (QED) is 0.817. The topological polar surface area (TPSA) is 77.6 Å². The number of rotatable bonds is 5. The van der Waals surface area contributed by atoms with Crippen molar-refractivity contribution in [3.63, 3.8) is 0 Å². The number of nitrogens with zero attached hydrogens (tertiary/aromatic N) is 3. The van der Waals surface area contributed by atoms with Crippen molar-refractivity contribution in [3.8, 4) is 0 Å². The minimum Gasteiger partial charge on any atom is -0.366 e. The van der Waals surface area contributed by atoms with Crippen LogP contribution in [0.25, 0.3) is 0 Å². The zero-order chi connectivity index (χ0) is 18.6. The highest BCUT2D eigenvalue weighted by Gasteiger charge is 2.28. The number of anilines is 1. The van der Waals surface area contributed by atoms with Gasteiger partial charge in [-0.05, 0) is 50.3 Å². The lowest BCUT2D eigenvalue weighted by Gasteiger charge is -2.34. The van der Waals surface area contributed by atoms with Crippen LogP contribution in [-0.2, 0) is 4.79 Å². The third kappa shape index (κ3) is 4.40. The van der Waals surface area contributed by atoms with E-state index in [2.05, 4.69) is 15.6 Å². The summed E-state index contributed by atoms with van der Waals surface area (Å²) >= 11 is 0. The summed E-state index contributed by atoms with van der Waals surface area (Å²) in [5.41, 5.74) is 0.651. The SMILES string of the molecule is O=C1CCCN1CC1CCN(C(=O)c2ccc(N[C@@H]3CCNC3)nc2)CC1. The van der Waals surface area contributed by atoms with Gasteiger partial charge in [-0.25, -0.2) is 4.98 Å². The van der Waals surface area contributed by atoms with Gasteiger partial charge in [0.25, 0.3) is 5.91 Å². The number of pyridine rings is 1. The molecule has 0 saturated carbocycles. The van der Waals surface area contributed by atoms with E-state index in [1.807, 2.05) is 21.9 Å². The number of amides is 2. The van der Waals surface area contributed by atoms with Crippen LogP contribution in [0.1, 0.15) is 42.5 Å². The Bertz CT molecular complexity index is 663. The van der Waals surface area contributed by atoms with E-state index in [1.54, 1.807) is 6.20 Å². The normalized spacial score (nSPS) is 23.9. The molecule has 0 aromatic carbocycles. The van der Waals surface area contributed by atoms with Gasteiger partial charge in [0.05, 0.1) is 5.56 Å². The smallest absolute Gasteiger partial charge is 0.255 e. The number of hydrogen-bond donors (Lipinski definition) is 2. The van der Waals surface area contributed by atoms with Gasteiger partial charge in [0.2, 0.25) is 5.91 Å². The molecular weight excluding hydrogens is 342 g/mol. The van der Waals surface area contributed by atoms with Gasteiger partial charge >= 0.3 is 0 Å². The number of carbonyl (C=O) groups is 2. The summed E-state index contributed by atoms with van der Waals surface area (Å²) in [6.07, 6.45) is 6.41. The van der Waals surface area contributed by atoms with Crippen LogP contribution < -0.4 is 10.6 Å². The molecule has 27 heavy (non-hydrogen) atoms. The molecule has 0 unspecified atom stereocenters. The predicted molar refractivity (Wildman–Crippen MR) is 104 cm³/mol. The summed E-state index contributed by atoms with van der Waals surface area (Å²) in [5, 5.41) is 6.72. The molecule has 3 fully saturated rings. The van der Waals surface area contributed by atoms with Gasteiger partial charge in [0, 0.05) is 51.4 Å². The van der Waals surface area contributed by atoms with E-state index in [0.717, 1.165) is 70.8 Å². The van der Waals surface area contributed by atoms with Crippen LogP contribution in [0.15, 0.2) is 18.3 Å². The minimum atomic E-state index is 0.0623. The summed E-state index contributed by atoms with van der Waals surface area (Å²) in [7, 11) is 0. The van der Waals surface area contributed by atoms with E-state index in [0.29, 0.717) is 29.9 Å². The van der Waals surface area contributed by atoms with Crippen LogP contribution in [-0.4, -0.2) is 71.9 Å². The molecule has 0 radical (unpaired) electrons. The first-order chi connectivity index (χ1) is 13.2. The average molecular weight is 371 g/mol. The van der Waals surface area contributed by atoms with Gasteiger partial charge in [0.15, 0.2) is 0 Å². The molecule has 1 aromatic rings. The lowest BCUT2D eigenvalue weighted by molar-refractivity contribution is -0.128. The second kappa shape index (κ2) is 8.25. The van der Waals surface area contributed by atoms with Gasteiger partial charge in [0.1, 0.15) is 5.82 Å². The monoisotopic (exact) mass is 371 g/mol. The molecule has 7 heteroatoms. The maximum atomic E-state index is 12.7. The van der Waals surface area contributed by atoms with E-state index >= 15 is 0 Å². The number of nitrogens with one attached hydrogen (secondary N) is 2. The van der Waals surface area contributed by atoms with Crippen LogP contribution in [0.5, 0.6) is 0 Å². The lowest BCUT2D eigenvalue weighted by Crippen LogP contribution is -2.41. The fourth-order valence-corrected chi connectivity index (χ4v) is 4.30. The Balaban J connectivity index is 1.26. The molecular formula is C20H29N5O2. The van der Waals surface area contributed by atoms with Crippen molar-refractivity contribution in [2.24, 2.45) is 5.92 Å². The van der Waals surface area contributed by atoms with Gasteiger partial charge in [-0.2, -0.15) is 0 Å². The van der Waals surface area contributed by atoms with Crippen LogP contribution in [0.4, 0.5) is 5.82 Å². The Morgan fingerprint density at radius 3 is 2.70 bits per heavy atom. The Hall–Kier alpha value is -2.15. The summed E-state index contributed by atoms with van der Waals surface area (Å²) in [5.74, 6) is 1.70. The molecule has 3 saturated heterocycles. The summed E-state index contributed by atoms with van der Waals surface area (Å²) in [6.45, 7) is 5.29. The second-order valence-electron chi connectivity index (χ2n) is 7.95. The average Bonchev–Trinajstić information content (AvgIpc) is 3.35. The number of likely N-dealkylation sites (tertiary alicyclic amines) is 2. The van der Waals surface area contributed by atoms with Crippen LogP contribution >= 0.6 is 0 Å². The summed E-state index contributed by atoms with van der Waals surface area (Å²) < 4.78 is 0. The largest absolute Gasteiger partial charge is 0.366 e. The zero-order valence-electron chi connectivity index (χ0n) is 15.8. The molecule has 3 aliphatic heterocycles. The van der Waals surface area contributed by atoms with Gasteiger partial charge in [-0.15, -0.1) is 0 Å². The highest BCUT2D eigenvalue weighted by molar-refractivity contribution is 5.94. The Labute approximate surface area is 160 Å². The van der Waals surface area contributed by atoms with Crippen molar-refractivity contribution in [3.05, 3.63) is 23.9 Å². The van der Waals surface area contributed by atoms with E-state index in [4.69, 9.17) is 0 Å². The molecule has 0 spiro atoms. The molecule has 2 amide bonds. The first-order valence-electron chi connectivity index (χ1n) is 10.2. The van der Waals surface area contributed by atoms with Crippen molar-refractivity contribution < 1.29 is 9.59 Å². The summed E-state index contributed by atoms with van der Waals surface area (Å²) in [6, 6.07) is 4.19. The Morgan fingerprint density at radius 1 is 1.22 bits per heavy atom. The molecule has 2 N–H and O–H groups in total. The predicted octanol–water partition coefficient (Wildman–Crippen LogP) is 1.33. The maximum Gasteiger partial charge on any atom is 0.255 e. The van der Waals surface area contributed by atoms with Crippen molar-refractivity contribution in [1.29, 1.82) is 0 Å². The molecule has 7 nitrogen and oxygen atoms in total. The Kier molecular flexibility index (Phi) is 5.57. The molecule has 0 bridgehead atoms.